The molecule has 1 aliphatic heterocycles. The van der Waals surface area contributed by atoms with E-state index in [0.717, 1.165) is 17.8 Å². The molecule has 1 unspecified atom stereocenters. The summed E-state index contributed by atoms with van der Waals surface area (Å²) in [6, 6.07) is 10.2. The number of carbonyl (C=O) groups is 1. The van der Waals surface area contributed by atoms with Gasteiger partial charge in [0, 0.05) is 23.6 Å². The van der Waals surface area contributed by atoms with Gasteiger partial charge in [0.15, 0.2) is 0 Å². The topological polar surface area (TPSA) is 58.4 Å². The highest BCUT2D eigenvalue weighted by Gasteiger charge is 2.54. The highest BCUT2D eigenvalue weighted by atomic mass is 16.3. The van der Waals surface area contributed by atoms with Crippen molar-refractivity contribution in [3.05, 3.63) is 42.1 Å². The van der Waals surface area contributed by atoms with E-state index >= 15 is 0 Å². The molecule has 1 atom stereocenters. The normalized spacial score (nSPS) is 21.9. The van der Waals surface area contributed by atoms with Crippen molar-refractivity contribution in [2.24, 2.45) is 11.3 Å². The number of aliphatic hydroxyl groups excluding tert-OH is 1. The van der Waals surface area contributed by atoms with Gasteiger partial charge in [-0.3, -0.25) is 9.48 Å². The van der Waals surface area contributed by atoms with Gasteiger partial charge in [-0.15, -0.1) is 0 Å². The molecule has 2 aliphatic rings. The maximum Gasteiger partial charge on any atom is 0.257 e. The van der Waals surface area contributed by atoms with Gasteiger partial charge in [0.1, 0.15) is 0 Å². The van der Waals surface area contributed by atoms with E-state index in [-0.39, 0.29) is 17.9 Å². The van der Waals surface area contributed by atoms with Crippen molar-refractivity contribution in [3.8, 4) is 11.3 Å². The zero-order chi connectivity index (χ0) is 17.6. The van der Waals surface area contributed by atoms with Crippen LogP contribution in [0, 0.1) is 11.3 Å². The van der Waals surface area contributed by atoms with Crippen LogP contribution in [0.2, 0.25) is 0 Å². The molecule has 1 saturated carbocycles. The Labute approximate surface area is 148 Å². The third-order valence-electron chi connectivity index (χ3n) is 5.47. The van der Waals surface area contributed by atoms with E-state index in [1.165, 1.54) is 12.8 Å². The molecule has 1 aromatic heterocycles. The predicted octanol–water partition coefficient (Wildman–Crippen LogP) is 2.80. The summed E-state index contributed by atoms with van der Waals surface area (Å²) in [5, 5.41) is 13.7. The summed E-state index contributed by atoms with van der Waals surface area (Å²) >= 11 is 0. The van der Waals surface area contributed by atoms with Crippen molar-refractivity contribution in [2.45, 2.75) is 39.3 Å². The fourth-order valence-electron chi connectivity index (χ4n) is 4.30. The summed E-state index contributed by atoms with van der Waals surface area (Å²) in [7, 11) is 0. The standard InChI is InChI=1S/C20H25N3O2/c1-20(2)13-22(18(20)15-8-9-15)19(25)16-12-21-23(10-11-24)17(16)14-6-4-3-5-7-14/h3-7,12,15,18,24H,8-11,13H2,1-2H3. The van der Waals surface area contributed by atoms with Gasteiger partial charge in [0.25, 0.3) is 5.91 Å². The SMILES string of the molecule is CC1(C)CN(C(=O)c2cnn(CCO)c2-c2ccccc2)C1C1CC1. The van der Waals surface area contributed by atoms with Crippen molar-refractivity contribution in [3.63, 3.8) is 0 Å². The first-order valence-corrected chi connectivity index (χ1v) is 9.06. The number of benzene rings is 1. The van der Waals surface area contributed by atoms with Crippen LogP contribution >= 0.6 is 0 Å². The molecule has 25 heavy (non-hydrogen) atoms. The number of amides is 1. The Kier molecular flexibility index (Phi) is 3.91. The van der Waals surface area contributed by atoms with Crippen LogP contribution in [0.5, 0.6) is 0 Å². The maximum absolute atomic E-state index is 13.3. The lowest BCUT2D eigenvalue weighted by Gasteiger charge is -2.55. The molecule has 5 nitrogen and oxygen atoms in total. The lowest BCUT2D eigenvalue weighted by molar-refractivity contribution is -0.0408. The molecule has 2 aromatic rings. The van der Waals surface area contributed by atoms with E-state index in [4.69, 9.17) is 0 Å². The number of hydrogen-bond acceptors (Lipinski definition) is 3. The van der Waals surface area contributed by atoms with Crippen LogP contribution in [0.15, 0.2) is 36.5 Å². The number of aromatic nitrogens is 2. The Morgan fingerprint density at radius 1 is 1.28 bits per heavy atom. The van der Waals surface area contributed by atoms with E-state index < -0.39 is 0 Å². The summed E-state index contributed by atoms with van der Waals surface area (Å²) in [4.78, 5) is 15.3. The number of hydrogen-bond donors (Lipinski definition) is 1. The summed E-state index contributed by atoms with van der Waals surface area (Å²) in [6.45, 7) is 5.69. The molecule has 4 rings (SSSR count). The second kappa shape index (κ2) is 5.99. The second-order valence-electron chi connectivity index (χ2n) is 7.92. The van der Waals surface area contributed by atoms with Gasteiger partial charge in [-0.1, -0.05) is 44.2 Å². The number of aliphatic hydroxyl groups is 1. The minimum Gasteiger partial charge on any atom is -0.394 e. The number of rotatable bonds is 5. The molecule has 2 fully saturated rings. The van der Waals surface area contributed by atoms with E-state index in [0.29, 0.717) is 24.1 Å². The van der Waals surface area contributed by atoms with Crippen molar-refractivity contribution in [1.29, 1.82) is 0 Å². The molecule has 5 heteroatoms. The van der Waals surface area contributed by atoms with Gasteiger partial charge in [-0.25, -0.2) is 0 Å². The molecule has 2 heterocycles. The Balaban J connectivity index is 1.70. The van der Waals surface area contributed by atoms with Gasteiger partial charge >= 0.3 is 0 Å². The number of likely N-dealkylation sites (tertiary alicyclic amines) is 1. The Morgan fingerprint density at radius 3 is 2.60 bits per heavy atom. The summed E-state index contributed by atoms with van der Waals surface area (Å²) in [5.41, 5.74) is 2.60. The van der Waals surface area contributed by atoms with Crippen LogP contribution < -0.4 is 0 Å². The molecule has 1 amide bonds. The second-order valence-corrected chi connectivity index (χ2v) is 7.92. The van der Waals surface area contributed by atoms with Crippen LogP contribution in [0.4, 0.5) is 0 Å². The van der Waals surface area contributed by atoms with Crippen LogP contribution in [0.25, 0.3) is 11.3 Å². The lowest BCUT2D eigenvalue weighted by Crippen LogP contribution is -2.64. The number of carbonyl (C=O) groups excluding carboxylic acids is 1. The summed E-state index contributed by atoms with van der Waals surface area (Å²) < 4.78 is 1.74. The first-order chi connectivity index (χ1) is 12.0. The molecule has 0 spiro atoms. The van der Waals surface area contributed by atoms with Gasteiger partial charge in [-0.2, -0.15) is 5.10 Å². The first-order valence-electron chi connectivity index (χ1n) is 9.06. The smallest absolute Gasteiger partial charge is 0.257 e. The zero-order valence-electron chi connectivity index (χ0n) is 14.9. The Morgan fingerprint density at radius 2 is 2.00 bits per heavy atom. The summed E-state index contributed by atoms with van der Waals surface area (Å²) in [5.74, 6) is 0.722. The van der Waals surface area contributed by atoms with Crippen LogP contribution in [-0.4, -0.2) is 44.9 Å². The fraction of sp³-hybridized carbons (Fsp3) is 0.500. The van der Waals surface area contributed by atoms with Gasteiger partial charge in [0.2, 0.25) is 0 Å². The molecule has 1 aliphatic carbocycles. The highest BCUT2D eigenvalue weighted by Crippen LogP contribution is 2.50. The van der Waals surface area contributed by atoms with E-state index in [1.54, 1.807) is 10.9 Å². The highest BCUT2D eigenvalue weighted by molar-refractivity contribution is 6.00. The van der Waals surface area contributed by atoms with Crippen molar-refractivity contribution in [1.82, 2.24) is 14.7 Å². The molecule has 1 N–H and O–H groups in total. The average molecular weight is 339 g/mol. The minimum atomic E-state index is -0.00338. The largest absolute Gasteiger partial charge is 0.394 e. The van der Waals surface area contributed by atoms with Gasteiger partial charge < -0.3 is 10.0 Å². The van der Waals surface area contributed by atoms with Gasteiger partial charge in [-0.05, 0) is 18.8 Å². The minimum absolute atomic E-state index is 0.00338. The van der Waals surface area contributed by atoms with E-state index in [2.05, 4.69) is 18.9 Å². The molecule has 0 bridgehead atoms. The van der Waals surface area contributed by atoms with E-state index in [1.807, 2.05) is 35.2 Å². The van der Waals surface area contributed by atoms with Crippen molar-refractivity contribution in [2.75, 3.05) is 13.2 Å². The first kappa shape index (κ1) is 16.3. The fourth-order valence-corrected chi connectivity index (χ4v) is 4.30. The average Bonchev–Trinajstić information content (AvgIpc) is 3.31. The van der Waals surface area contributed by atoms with E-state index in [9.17, 15) is 9.90 Å². The van der Waals surface area contributed by atoms with Crippen LogP contribution in [-0.2, 0) is 6.54 Å². The Hall–Kier alpha value is -2.14. The molecular weight excluding hydrogens is 314 g/mol. The predicted molar refractivity (Wildman–Crippen MR) is 96.1 cm³/mol. The third-order valence-corrected chi connectivity index (χ3v) is 5.47. The maximum atomic E-state index is 13.3. The Bertz CT molecular complexity index is 777. The van der Waals surface area contributed by atoms with Crippen molar-refractivity contribution >= 4 is 5.91 Å². The van der Waals surface area contributed by atoms with Gasteiger partial charge in [0.05, 0.1) is 30.6 Å². The molecular formula is C20H25N3O2. The zero-order valence-corrected chi connectivity index (χ0v) is 14.9. The molecule has 1 saturated heterocycles. The quantitative estimate of drug-likeness (QED) is 0.911. The monoisotopic (exact) mass is 339 g/mol. The molecule has 132 valence electrons. The van der Waals surface area contributed by atoms with Crippen molar-refractivity contribution < 1.29 is 9.90 Å². The van der Waals surface area contributed by atoms with Crippen LogP contribution in [0.3, 0.4) is 0 Å². The third kappa shape index (κ3) is 2.76. The molecule has 0 radical (unpaired) electrons. The number of nitrogens with zero attached hydrogens (tertiary/aromatic N) is 3. The molecule has 1 aromatic carbocycles. The van der Waals surface area contributed by atoms with Crippen LogP contribution in [0.1, 0.15) is 37.0 Å². The summed E-state index contributed by atoms with van der Waals surface area (Å²) in [6.07, 6.45) is 4.12. The lowest BCUT2D eigenvalue weighted by atomic mass is 9.72.